The Morgan fingerprint density at radius 1 is 1.16 bits per heavy atom. The van der Waals surface area contributed by atoms with Gasteiger partial charge in [-0.05, 0) is 13.0 Å². The molecule has 31 heavy (non-hydrogen) atoms. The summed E-state index contributed by atoms with van der Waals surface area (Å²) in [7, 11) is 0. The van der Waals surface area contributed by atoms with Crippen molar-refractivity contribution in [2.24, 2.45) is 5.10 Å². The van der Waals surface area contributed by atoms with Gasteiger partial charge in [0.05, 0.1) is 29.4 Å². The van der Waals surface area contributed by atoms with Gasteiger partial charge in [0.1, 0.15) is 5.82 Å². The fourth-order valence-corrected chi connectivity index (χ4v) is 3.22. The molecule has 0 atom stereocenters. The molecule has 10 heteroatoms. The summed E-state index contributed by atoms with van der Waals surface area (Å²) < 4.78 is 16.0. The Hall–Kier alpha value is -4.31. The highest BCUT2D eigenvalue weighted by Crippen LogP contribution is 2.21. The molecule has 0 fully saturated rings. The maximum atomic E-state index is 14.7. The molecule has 1 aromatic carbocycles. The van der Waals surface area contributed by atoms with E-state index >= 15 is 0 Å². The van der Waals surface area contributed by atoms with Crippen molar-refractivity contribution in [3.63, 3.8) is 0 Å². The Kier molecular flexibility index (Phi) is 4.53. The van der Waals surface area contributed by atoms with Crippen LogP contribution in [-0.2, 0) is 4.79 Å². The Morgan fingerprint density at radius 2 is 2.00 bits per heavy atom. The maximum Gasteiger partial charge on any atom is 0.312 e. The Bertz CT molecular complexity index is 1380. The number of carbonyl (C=O) groups excluding carboxylic acids is 1. The third kappa shape index (κ3) is 3.55. The van der Waals surface area contributed by atoms with E-state index in [0.717, 1.165) is 5.56 Å². The number of rotatable bonds is 4. The summed E-state index contributed by atoms with van der Waals surface area (Å²) >= 11 is 0. The molecule has 3 N–H and O–H groups in total. The first kappa shape index (κ1) is 18.7. The molecule has 9 nitrogen and oxygen atoms in total. The van der Waals surface area contributed by atoms with Gasteiger partial charge in [0, 0.05) is 17.8 Å². The smallest absolute Gasteiger partial charge is 0.312 e. The molecule has 0 spiro atoms. The largest absolute Gasteiger partial charge is 0.315 e. The van der Waals surface area contributed by atoms with Crippen LogP contribution < -0.4 is 10.7 Å². The number of hydrogen-bond donors (Lipinski definition) is 2. The molecule has 4 heterocycles. The fourth-order valence-electron chi connectivity index (χ4n) is 3.22. The molecule has 5 rings (SSSR count). The summed E-state index contributed by atoms with van der Waals surface area (Å²) in [5.41, 5.74) is 4.02. The molecule has 0 radical (unpaired) electrons. The standard InChI is InChI=1S/C21H15FN8O/c1-12-23-8-7-16(25-12)14-10-24-28-19(14)21(31)26-17-9-18-27-20(13-5-3-2-4-6-13)29-30(18)11-15(17)22/h2-11H,1H3,(H,24,28)(H,26,31)/p+1. The Balaban J connectivity index is 1.46. The maximum absolute atomic E-state index is 14.7. The van der Waals surface area contributed by atoms with Gasteiger partial charge in [-0.25, -0.2) is 23.9 Å². The number of hydrogen-bond acceptors (Lipinski definition) is 6. The number of halogens is 1. The number of benzene rings is 1. The summed E-state index contributed by atoms with van der Waals surface area (Å²) in [6.07, 6.45) is 4.33. The second-order valence-corrected chi connectivity index (χ2v) is 6.82. The van der Waals surface area contributed by atoms with Crippen molar-refractivity contribution in [1.82, 2.24) is 24.6 Å². The van der Waals surface area contributed by atoms with Gasteiger partial charge >= 0.3 is 5.91 Å². The van der Waals surface area contributed by atoms with Crippen molar-refractivity contribution in [2.45, 2.75) is 6.92 Å². The van der Waals surface area contributed by atoms with Crippen LogP contribution in [0.4, 0.5) is 10.1 Å². The lowest BCUT2D eigenvalue weighted by Crippen LogP contribution is -2.76. The van der Waals surface area contributed by atoms with Gasteiger partial charge < -0.3 is 5.32 Å². The van der Waals surface area contributed by atoms with Crippen LogP contribution >= 0.6 is 0 Å². The Morgan fingerprint density at radius 3 is 2.81 bits per heavy atom. The van der Waals surface area contributed by atoms with Crippen LogP contribution in [-0.4, -0.2) is 36.7 Å². The monoisotopic (exact) mass is 415 g/mol. The zero-order chi connectivity index (χ0) is 21.4. The number of nitrogens with two attached hydrogens (primary N) is 1. The van der Waals surface area contributed by atoms with Crippen LogP contribution in [0.15, 0.2) is 65.7 Å². The molecule has 152 valence electrons. The fraction of sp³-hybridized carbons (Fsp3) is 0.0476. The quantitative estimate of drug-likeness (QED) is 0.491. The van der Waals surface area contributed by atoms with Gasteiger partial charge in [0.25, 0.3) is 0 Å². The lowest BCUT2D eigenvalue weighted by atomic mass is 10.1. The van der Waals surface area contributed by atoms with Crippen LogP contribution in [0.2, 0.25) is 0 Å². The summed E-state index contributed by atoms with van der Waals surface area (Å²) in [6.45, 7) is 1.76. The molecular weight excluding hydrogens is 399 g/mol. The summed E-state index contributed by atoms with van der Waals surface area (Å²) in [5, 5.41) is 11.0. The first-order chi connectivity index (χ1) is 15.1. The van der Waals surface area contributed by atoms with E-state index in [-0.39, 0.29) is 11.4 Å². The first-order valence-electron chi connectivity index (χ1n) is 9.42. The van der Waals surface area contributed by atoms with Crippen LogP contribution in [0, 0.1) is 12.7 Å². The van der Waals surface area contributed by atoms with Crippen LogP contribution in [0.25, 0.3) is 22.6 Å². The number of quaternary nitrogens is 1. The molecule has 0 saturated carbocycles. The van der Waals surface area contributed by atoms with Gasteiger partial charge in [-0.2, -0.15) is 5.43 Å². The van der Waals surface area contributed by atoms with Crippen molar-refractivity contribution in [1.29, 1.82) is 0 Å². The van der Waals surface area contributed by atoms with Crippen molar-refractivity contribution in [3.05, 3.63) is 77.9 Å². The second-order valence-electron chi connectivity index (χ2n) is 6.82. The lowest BCUT2D eigenvalue weighted by Gasteiger charge is -2.06. The van der Waals surface area contributed by atoms with Gasteiger partial charge in [-0.15, -0.1) is 5.10 Å². The second kappa shape index (κ2) is 7.50. The number of pyridine rings is 1. The normalized spacial score (nSPS) is 13.2. The van der Waals surface area contributed by atoms with Crippen LogP contribution in [0.5, 0.6) is 0 Å². The van der Waals surface area contributed by atoms with E-state index in [2.05, 4.69) is 30.5 Å². The van der Waals surface area contributed by atoms with Gasteiger partial charge in [-0.1, -0.05) is 35.4 Å². The summed E-state index contributed by atoms with van der Waals surface area (Å²) in [5.74, 6) is -0.105. The van der Waals surface area contributed by atoms with Gasteiger partial charge in [-0.3, -0.25) is 4.79 Å². The minimum Gasteiger partial charge on any atom is -0.315 e. The molecule has 0 bridgehead atoms. The highest BCUT2D eigenvalue weighted by molar-refractivity contribution is 6.20. The zero-order valence-electron chi connectivity index (χ0n) is 16.3. The third-order valence-electron chi connectivity index (χ3n) is 4.70. The predicted octanol–water partition coefficient (Wildman–Crippen LogP) is 1.55. The number of aromatic nitrogens is 5. The zero-order valence-corrected chi connectivity index (χ0v) is 16.3. The summed E-state index contributed by atoms with van der Waals surface area (Å²) in [6, 6.07) is 12.5. The van der Waals surface area contributed by atoms with E-state index < -0.39 is 11.7 Å². The number of anilines is 1. The van der Waals surface area contributed by atoms with Gasteiger partial charge in [0.2, 0.25) is 5.70 Å². The van der Waals surface area contributed by atoms with E-state index in [0.29, 0.717) is 28.6 Å². The van der Waals surface area contributed by atoms with Crippen LogP contribution in [0.3, 0.4) is 0 Å². The minimum atomic E-state index is -0.635. The average molecular weight is 415 g/mol. The molecule has 1 aliphatic rings. The number of carbonyl (C=O) groups is 1. The summed E-state index contributed by atoms with van der Waals surface area (Å²) in [4.78, 5) is 25.7. The minimum absolute atomic E-state index is 0.00414. The van der Waals surface area contributed by atoms with Crippen molar-refractivity contribution in [3.8, 4) is 11.4 Å². The number of nitrogens with one attached hydrogen (secondary N) is 1. The van der Waals surface area contributed by atoms with Crippen molar-refractivity contribution >= 4 is 29.0 Å². The number of fused-ring (bicyclic) bond motifs is 1. The first-order valence-corrected chi connectivity index (χ1v) is 9.42. The highest BCUT2D eigenvalue weighted by atomic mass is 19.1. The number of allylic oxidation sites excluding steroid dienone is 1. The highest BCUT2D eigenvalue weighted by Gasteiger charge is 2.27. The lowest BCUT2D eigenvalue weighted by molar-refractivity contribution is -0.601. The molecular formula is C21H16FN8O+. The molecule has 0 saturated heterocycles. The number of nitrogens with zero attached hydrogens (tertiary/aromatic N) is 6. The molecule has 0 unspecified atom stereocenters. The number of amides is 1. The van der Waals surface area contributed by atoms with E-state index in [1.807, 2.05) is 30.3 Å². The number of aryl methyl sites for hydroxylation is 1. The van der Waals surface area contributed by atoms with Crippen molar-refractivity contribution in [2.75, 3.05) is 5.32 Å². The molecule has 0 aliphatic carbocycles. The van der Waals surface area contributed by atoms with Gasteiger partial charge in [0.15, 0.2) is 17.3 Å². The van der Waals surface area contributed by atoms with E-state index in [1.54, 1.807) is 25.4 Å². The average Bonchev–Trinajstić information content (AvgIpc) is 3.42. The molecule has 1 aliphatic heterocycles. The Labute approximate surface area is 175 Å². The molecule has 4 aromatic rings. The van der Waals surface area contributed by atoms with Crippen molar-refractivity contribution < 1.29 is 14.6 Å². The molecule has 1 amide bonds. The topological polar surface area (TPSA) is 114 Å². The SMILES string of the molecule is Cc1nccc(C2=C(C(=O)Nc3cc4nc(-c5ccccc5)nn4cc3F)[NH2+]N=C2)n1. The molecule has 3 aromatic heterocycles. The van der Waals surface area contributed by atoms with Crippen LogP contribution in [0.1, 0.15) is 11.5 Å². The van der Waals surface area contributed by atoms with E-state index in [1.165, 1.54) is 22.2 Å². The third-order valence-corrected chi connectivity index (χ3v) is 4.70. The van der Waals surface area contributed by atoms with E-state index in [9.17, 15) is 9.18 Å². The van der Waals surface area contributed by atoms with E-state index in [4.69, 9.17) is 0 Å². The predicted molar refractivity (Wildman–Crippen MR) is 111 cm³/mol.